The third-order valence-electron chi connectivity index (χ3n) is 3.54. The fraction of sp³-hybridized carbons (Fsp3) is 0.312. The van der Waals surface area contributed by atoms with Crippen LogP contribution in [0.3, 0.4) is 0 Å². The van der Waals surface area contributed by atoms with Crippen LogP contribution in [0.15, 0.2) is 41.7 Å². The van der Waals surface area contributed by atoms with Gasteiger partial charge in [-0.25, -0.2) is 14.6 Å². The highest BCUT2D eigenvalue weighted by atomic mass is 32.2. The Bertz CT molecular complexity index is 790. The molecule has 0 aliphatic heterocycles. The SMILES string of the molecule is CCSc1nc(NC(C)c2ccccc2)c2cnn(CO)c2n1. The van der Waals surface area contributed by atoms with Gasteiger partial charge >= 0.3 is 0 Å². The van der Waals surface area contributed by atoms with Crippen molar-refractivity contribution in [1.82, 2.24) is 19.7 Å². The summed E-state index contributed by atoms with van der Waals surface area (Å²) in [4.78, 5) is 9.10. The average molecular weight is 329 g/mol. The summed E-state index contributed by atoms with van der Waals surface area (Å²) in [7, 11) is 0. The van der Waals surface area contributed by atoms with Crippen molar-refractivity contribution in [3.05, 3.63) is 42.1 Å². The van der Waals surface area contributed by atoms with Gasteiger partial charge < -0.3 is 10.4 Å². The number of rotatable bonds is 6. The van der Waals surface area contributed by atoms with Gasteiger partial charge in [-0.2, -0.15) is 5.10 Å². The number of nitrogens with zero attached hydrogens (tertiary/aromatic N) is 4. The zero-order chi connectivity index (χ0) is 16.2. The van der Waals surface area contributed by atoms with Crippen LogP contribution in [0.4, 0.5) is 5.82 Å². The fourth-order valence-corrected chi connectivity index (χ4v) is 2.94. The topological polar surface area (TPSA) is 75.9 Å². The number of aliphatic hydroxyl groups is 1. The number of aromatic nitrogens is 4. The van der Waals surface area contributed by atoms with E-state index >= 15 is 0 Å². The predicted octanol–water partition coefficient (Wildman–Crippen LogP) is 3.06. The maximum atomic E-state index is 9.41. The third kappa shape index (κ3) is 3.30. The lowest BCUT2D eigenvalue weighted by Gasteiger charge is -2.16. The molecule has 1 unspecified atom stereocenters. The van der Waals surface area contributed by atoms with Crippen molar-refractivity contribution in [2.45, 2.75) is 31.8 Å². The molecular weight excluding hydrogens is 310 g/mol. The van der Waals surface area contributed by atoms with Crippen molar-refractivity contribution in [1.29, 1.82) is 0 Å². The van der Waals surface area contributed by atoms with Crippen molar-refractivity contribution in [3.63, 3.8) is 0 Å². The number of fused-ring (bicyclic) bond motifs is 1. The fourth-order valence-electron chi connectivity index (χ4n) is 2.37. The molecule has 0 aliphatic rings. The lowest BCUT2D eigenvalue weighted by molar-refractivity contribution is 0.199. The zero-order valence-corrected chi connectivity index (χ0v) is 13.9. The number of nitrogens with one attached hydrogen (secondary N) is 1. The van der Waals surface area contributed by atoms with Crippen molar-refractivity contribution < 1.29 is 5.11 Å². The molecular formula is C16H19N5OS. The number of benzene rings is 1. The number of hydrogen-bond donors (Lipinski definition) is 2. The Balaban J connectivity index is 2.00. The number of thioether (sulfide) groups is 1. The molecule has 120 valence electrons. The van der Waals surface area contributed by atoms with Gasteiger partial charge in [0, 0.05) is 6.04 Å². The Morgan fingerprint density at radius 3 is 2.74 bits per heavy atom. The van der Waals surface area contributed by atoms with Gasteiger partial charge in [0.15, 0.2) is 10.8 Å². The third-order valence-corrected chi connectivity index (χ3v) is 4.27. The summed E-state index contributed by atoms with van der Waals surface area (Å²) < 4.78 is 1.47. The molecule has 0 bridgehead atoms. The Kier molecular flexibility index (Phi) is 4.78. The second kappa shape index (κ2) is 6.97. The molecule has 0 spiro atoms. The number of hydrogen-bond acceptors (Lipinski definition) is 6. The molecule has 0 saturated carbocycles. The van der Waals surface area contributed by atoms with Crippen molar-refractivity contribution >= 4 is 28.6 Å². The standard InChI is InChI=1S/C16H19N5OS/c1-3-23-16-19-14(13-9-17-21(10-22)15(13)20-16)18-11(2)12-7-5-4-6-8-12/h4-9,11,22H,3,10H2,1-2H3,(H,18,19,20). The van der Waals surface area contributed by atoms with E-state index in [0.29, 0.717) is 10.8 Å². The summed E-state index contributed by atoms with van der Waals surface area (Å²) in [6, 6.07) is 10.3. The summed E-state index contributed by atoms with van der Waals surface area (Å²) in [6.45, 7) is 3.94. The van der Waals surface area contributed by atoms with E-state index in [1.165, 1.54) is 10.2 Å². The molecule has 0 aliphatic carbocycles. The maximum Gasteiger partial charge on any atom is 0.191 e. The first kappa shape index (κ1) is 15.8. The highest BCUT2D eigenvalue weighted by molar-refractivity contribution is 7.99. The molecule has 2 heterocycles. The molecule has 1 aromatic carbocycles. The van der Waals surface area contributed by atoms with Gasteiger partial charge in [-0.15, -0.1) is 0 Å². The highest BCUT2D eigenvalue weighted by Gasteiger charge is 2.15. The van der Waals surface area contributed by atoms with Crippen LogP contribution in [-0.2, 0) is 6.73 Å². The van der Waals surface area contributed by atoms with Gasteiger partial charge in [0.05, 0.1) is 11.6 Å². The summed E-state index contributed by atoms with van der Waals surface area (Å²) in [5.74, 6) is 1.62. The van der Waals surface area contributed by atoms with E-state index in [4.69, 9.17) is 0 Å². The predicted molar refractivity (Wildman–Crippen MR) is 92.4 cm³/mol. The molecule has 1 atom stereocenters. The van der Waals surface area contributed by atoms with Crippen molar-refractivity contribution in [2.24, 2.45) is 0 Å². The van der Waals surface area contributed by atoms with E-state index in [1.807, 2.05) is 18.2 Å². The minimum atomic E-state index is -0.204. The van der Waals surface area contributed by atoms with E-state index in [-0.39, 0.29) is 12.8 Å². The first-order chi connectivity index (χ1) is 11.2. The molecule has 0 saturated heterocycles. The van der Waals surface area contributed by atoms with Crippen LogP contribution in [0.25, 0.3) is 11.0 Å². The molecule has 2 aromatic heterocycles. The Hall–Kier alpha value is -2.12. The molecule has 6 nitrogen and oxygen atoms in total. The molecule has 0 amide bonds. The second-order valence-corrected chi connectivity index (χ2v) is 6.32. The van der Waals surface area contributed by atoms with Crippen LogP contribution < -0.4 is 5.32 Å². The van der Waals surface area contributed by atoms with Crippen LogP contribution in [0.2, 0.25) is 0 Å². The summed E-state index contributed by atoms with van der Waals surface area (Å²) in [6.07, 6.45) is 1.69. The molecule has 3 rings (SSSR count). The maximum absolute atomic E-state index is 9.41. The van der Waals surface area contributed by atoms with Crippen molar-refractivity contribution in [2.75, 3.05) is 11.1 Å². The minimum Gasteiger partial charge on any atom is -0.374 e. The lowest BCUT2D eigenvalue weighted by Crippen LogP contribution is -2.09. The Morgan fingerprint density at radius 1 is 1.26 bits per heavy atom. The number of aliphatic hydroxyl groups excluding tert-OH is 1. The van der Waals surface area contributed by atoms with E-state index in [0.717, 1.165) is 17.0 Å². The van der Waals surface area contributed by atoms with Gasteiger partial charge in [-0.1, -0.05) is 49.0 Å². The van der Waals surface area contributed by atoms with Gasteiger partial charge in [0.25, 0.3) is 0 Å². The zero-order valence-electron chi connectivity index (χ0n) is 13.1. The van der Waals surface area contributed by atoms with Crippen LogP contribution >= 0.6 is 11.8 Å². The van der Waals surface area contributed by atoms with Crippen LogP contribution in [0.1, 0.15) is 25.5 Å². The van der Waals surface area contributed by atoms with Crippen molar-refractivity contribution in [3.8, 4) is 0 Å². The van der Waals surface area contributed by atoms with Crippen LogP contribution in [0, 0.1) is 0 Å². The largest absolute Gasteiger partial charge is 0.374 e. The first-order valence-electron chi connectivity index (χ1n) is 7.51. The highest BCUT2D eigenvalue weighted by Crippen LogP contribution is 2.27. The van der Waals surface area contributed by atoms with E-state index in [9.17, 15) is 5.11 Å². The molecule has 0 radical (unpaired) electrons. The molecule has 3 aromatic rings. The van der Waals surface area contributed by atoms with E-state index < -0.39 is 0 Å². The van der Waals surface area contributed by atoms with Crippen LogP contribution in [0.5, 0.6) is 0 Å². The monoisotopic (exact) mass is 329 g/mol. The normalized spacial score (nSPS) is 12.5. The Labute approximate surface area is 139 Å². The molecule has 2 N–H and O–H groups in total. The first-order valence-corrected chi connectivity index (χ1v) is 8.50. The van der Waals surface area contributed by atoms with Gasteiger partial charge in [-0.3, -0.25) is 0 Å². The molecule has 0 fully saturated rings. The van der Waals surface area contributed by atoms with Crippen LogP contribution in [-0.4, -0.2) is 30.6 Å². The van der Waals surface area contributed by atoms with Gasteiger partial charge in [-0.05, 0) is 18.2 Å². The smallest absolute Gasteiger partial charge is 0.191 e. The number of anilines is 1. The van der Waals surface area contributed by atoms with E-state index in [2.05, 4.69) is 46.4 Å². The lowest BCUT2D eigenvalue weighted by atomic mass is 10.1. The summed E-state index contributed by atoms with van der Waals surface area (Å²) in [5.41, 5.74) is 1.82. The molecule has 23 heavy (non-hydrogen) atoms. The second-order valence-electron chi connectivity index (χ2n) is 5.09. The Morgan fingerprint density at radius 2 is 2.04 bits per heavy atom. The quantitative estimate of drug-likeness (QED) is 0.535. The van der Waals surface area contributed by atoms with E-state index in [1.54, 1.807) is 18.0 Å². The van der Waals surface area contributed by atoms with Gasteiger partial charge in [0.2, 0.25) is 0 Å². The summed E-state index contributed by atoms with van der Waals surface area (Å²) in [5, 5.41) is 18.5. The summed E-state index contributed by atoms with van der Waals surface area (Å²) >= 11 is 1.56. The van der Waals surface area contributed by atoms with Gasteiger partial charge in [0.1, 0.15) is 12.5 Å². The average Bonchev–Trinajstić information content (AvgIpc) is 2.99. The minimum absolute atomic E-state index is 0.103. The molecule has 7 heteroatoms.